The van der Waals surface area contributed by atoms with E-state index in [9.17, 15) is 0 Å². The molecule has 1 aromatic carbocycles. The van der Waals surface area contributed by atoms with Crippen molar-refractivity contribution >= 4 is 56.1 Å². The fourth-order valence-corrected chi connectivity index (χ4v) is 4.53. The average Bonchev–Trinajstić information content (AvgIpc) is 3.25. The highest BCUT2D eigenvalue weighted by Gasteiger charge is 2.12. The van der Waals surface area contributed by atoms with E-state index in [0.717, 1.165) is 64.3 Å². The summed E-state index contributed by atoms with van der Waals surface area (Å²) in [5.41, 5.74) is 3.72. The van der Waals surface area contributed by atoms with Gasteiger partial charge in [-0.1, -0.05) is 12.1 Å². The van der Waals surface area contributed by atoms with Gasteiger partial charge in [0.05, 0.1) is 35.3 Å². The second-order valence-electron chi connectivity index (χ2n) is 7.03. The molecule has 4 heterocycles. The molecule has 1 fully saturated rings. The van der Waals surface area contributed by atoms with Crippen LogP contribution in [-0.4, -0.2) is 46.4 Å². The van der Waals surface area contributed by atoms with Crippen molar-refractivity contribution in [2.24, 2.45) is 0 Å². The summed E-state index contributed by atoms with van der Waals surface area (Å²) < 4.78 is 6.46. The molecular weight excluding hydrogens is 428 g/mol. The molecule has 5 rings (SSSR count). The van der Waals surface area contributed by atoms with E-state index >= 15 is 0 Å². The van der Waals surface area contributed by atoms with Gasteiger partial charge in [-0.15, -0.1) is 11.3 Å². The maximum atomic E-state index is 5.49. The fraction of sp³-hybridized carbons (Fsp3) is 0.182. The molecule has 2 N–H and O–H groups in total. The summed E-state index contributed by atoms with van der Waals surface area (Å²) in [7, 11) is 0. The van der Waals surface area contributed by atoms with E-state index in [-0.39, 0.29) is 0 Å². The van der Waals surface area contributed by atoms with Gasteiger partial charge in [-0.3, -0.25) is 4.98 Å². The van der Waals surface area contributed by atoms with E-state index in [0.29, 0.717) is 5.11 Å². The van der Waals surface area contributed by atoms with Gasteiger partial charge in [0.25, 0.3) is 0 Å². The molecule has 0 atom stereocenters. The average molecular weight is 449 g/mol. The van der Waals surface area contributed by atoms with E-state index in [1.807, 2.05) is 48.7 Å². The van der Waals surface area contributed by atoms with E-state index in [1.54, 1.807) is 23.7 Å². The van der Waals surface area contributed by atoms with Crippen LogP contribution in [0.2, 0.25) is 0 Å². The van der Waals surface area contributed by atoms with E-state index < -0.39 is 0 Å². The van der Waals surface area contributed by atoms with E-state index in [4.69, 9.17) is 21.9 Å². The number of morpholine rings is 1. The Morgan fingerprint density at radius 1 is 1.03 bits per heavy atom. The van der Waals surface area contributed by atoms with Crippen LogP contribution in [0.25, 0.3) is 20.8 Å². The van der Waals surface area contributed by atoms with Crippen LogP contribution in [0, 0.1) is 0 Å². The zero-order chi connectivity index (χ0) is 21.0. The number of nitrogens with one attached hydrogen (secondary N) is 2. The van der Waals surface area contributed by atoms with Gasteiger partial charge in [-0.05, 0) is 42.5 Å². The molecule has 4 aromatic rings. The van der Waals surface area contributed by atoms with Crippen LogP contribution in [0.15, 0.2) is 61.1 Å². The molecule has 0 unspecified atom stereocenters. The van der Waals surface area contributed by atoms with Gasteiger partial charge in [0, 0.05) is 36.7 Å². The molecule has 3 aromatic heterocycles. The molecule has 0 amide bonds. The van der Waals surface area contributed by atoms with Crippen LogP contribution in [0.3, 0.4) is 0 Å². The van der Waals surface area contributed by atoms with Crippen molar-refractivity contribution in [3.8, 4) is 10.6 Å². The first-order valence-corrected chi connectivity index (χ1v) is 11.1. The maximum Gasteiger partial charge on any atom is 0.175 e. The molecule has 0 spiro atoms. The first kappa shape index (κ1) is 19.8. The Morgan fingerprint density at radius 2 is 1.90 bits per heavy atom. The second-order valence-corrected chi connectivity index (χ2v) is 8.47. The Hall–Kier alpha value is -3.14. The number of pyridine rings is 2. The summed E-state index contributed by atoms with van der Waals surface area (Å²) in [4.78, 5) is 15.6. The number of ether oxygens (including phenoxy) is 1. The Bertz CT molecular complexity index is 1170. The Morgan fingerprint density at radius 3 is 2.71 bits per heavy atom. The topological polar surface area (TPSA) is 75.2 Å². The number of hydrogen-bond acceptors (Lipinski definition) is 7. The molecule has 9 heteroatoms. The molecule has 0 radical (unpaired) electrons. The Labute approximate surface area is 189 Å². The minimum Gasteiger partial charge on any atom is -0.378 e. The van der Waals surface area contributed by atoms with Crippen LogP contribution in [0.5, 0.6) is 0 Å². The smallest absolute Gasteiger partial charge is 0.175 e. The molecule has 1 saturated heterocycles. The molecule has 31 heavy (non-hydrogen) atoms. The number of nitrogens with zero attached hydrogens (tertiary/aromatic N) is 4. The lowest BCUT2D eigenvalue weighted by Crippen LogP contribution is -2.36. The van der Waals surface area contributed by atoms with Crippen molar-refractivity contribution in [3.63, 3.8) is 0 Å². The monoisotopic (exact) mass is 448 g/mol. The minimum absolute atomic E-state index is 0.506. The summed E-state index contributed by atoms with van der Waals surface area (Å²) in [6.45, 7) is 3.20. The number of aromatic nitrogens is 3. The van der Waals surface area contributed by atoms with Crippen molar-refractivity contribution in [1.82, 2.24) is 15.0 Å². The fourth-order valence-electron chi connectivity index (χ4n) is 3.37. The summed E-state index contributed by atoms with van der Waals surface area (Å²) in [5, 5.41) is 7.90. The van der Waals surface area contributed by atoms with Crippen molar-refractivity contribution in [3.05, 3.63) is 61.1 Å². The lowest BCUT2D eigenvalue weighted by molar-refractivity contribution is 0.122. The van der Waals surface area contributed by atoms with Crippen LogP contribution < -0.4 is 15.5 Å². The number of anilines is 3. The number of benzene rings is 1. The Balaban J connectivity index is 1.24. The highest BCUT2D eigenvalue weighted by atomic mass is 32.1. The molecule has 1 aliphatic rings. The Kier molecular flexibility index (Phi) is 5.70. The summed E-state index contributed by atoms with van der Waals surface area (Å²) >= 11 is 7.11. The van der Waals surface area contributed by atoms with Crippen LogP contribution in [-0.2, 0) is 4.74 Å². The molecule has 156 valence electrons. The third-order valence-corrected chi connectivity index (χ3v) is 6.16. The maximum absolute atomic E-state index is 5.49. The normalized spacial score (nSPS) is 13.9. The predicted molar refractivity (Wildman–Crippen MR) is 130 cm³/mol. The second kappa shape index (κ2) is 8.93. The van der Waals surface area contributed by atoms with Gasteiger partial charge in [0.2, 0.25) is 0 Å². The first-order valence-electron chi connectivity index (χ1n) is 9.92. The SMILES string of the molecule is S=C(Nc1ccc(N2CCOCC2)nc1)Nc1cccc(-c2nc3ccncc3s2)c1. The molecular formula is C22H20N6OS2. The largest absolute Gasteiger partial charge is 0.378 e. The minimum atomic E-state index is 0.506. The van der Waals surface area contributed by atoms with Gasteiger partial charge in [-0.2, -0.15) is 0 Å². The van der Waals surface area contributed by atoms with Crippen LogP contribution in [0.4, 0.5) is 17.2 Å². The summed E-state index contributed by atoms with van der Waals surface area (Å²) in [6.07, 6.45) is 5.40. The molecule has 7 nitrogen and oxygen atoms in total. The van der Waals surface area contributed by atoms with Gasteiger partial charge in [-0.25, -0.2) is 9.97 Å². The highest BCUT2D eigenvalue weighted by molar-refractivity contribution is 7.80. The molecule has 0 bridgehead atoms. The number of hydrogen-bond donors (Lipinski definition) is 2. The zero-order valence-electron chi connectivity index (χ0n) is 16.6. The molecule has 1 aliphatic heterocycles. The van der Waals surface area contributed by atoms with Crippen molar-refractivity contribution in [2.75, 3.05) is 41.8 Å². The number of rotatable bonds is 4. The lowest BCUT2D eigenvalue weighted by atomic mass is 10.2. The highest BCUT2D eigenvalue weighted by Crippen LogP contribution is 2.30. The van der Waals surface area contributed by atoms with Gasteiger partial charge >= 0.3 is 0 Å². The van der Waals surface area contributed by atoms with Crippen LogP contribution in [0.1, 0.15) is 0 Å². The van der Waals surface area contributed by atoms with Gasteiger partial charge in [0.15, 0.2) is 5.11 Å². The van der Waals surface area contributed by atoms with Gasteiger partial charge in [0.1, 0.15) is 10.8 Å². The lowest BCUT2D eigenvalue weighted by Gasteiger charge is -2.27. The summed E-state index contributed by atoms with van der Waals surface area (Å²) in [6, 6.07) is 14.0. The number of thiazole rings is 1. The zero-order valence-corrected chi connectivity index (χ0v) is 18.2. The van der Waals surface area contributed by atoms with Crippen molar-refractivity contribution in [1.29, 1.82) is 0 Å². The molecule has 0 saturated carbocycles. The van der Waals surface area contributed by atoms with Gasteiger partial charge < -0.3 is 20.3 Å². The van der Waals surface area contributed by atoms with Crippen LogP contribution >= 0.6 is 23.6 Å². The molecule has 0 aliphatic carbocycles. The summed E-state index contributed by atoms with van der Waals surface area (Å²) in [5.74, 6) is 0.950. The van der Waals surface area contributed by atoms with Crippen molar-refractivity contribution < 1.29 is 4.74 Å². The first-order chi connectivity index (χ1) is 15.2. The van der Waals surface area contributed by atoms with Crippen molar-refractivity contribution in [2.45, 2.75) is 0 Å². The predicted octanol–water partition coefficient (Wildman–Crippen LogP) is 4.40. The number of fused-ring (bicyclic) bond motifs is 1. The third-order valence-electron chi connectivity index (χ3n) is 4.90. The van der Waals surface area contributed by atoms with E-state index in [1.165, 1.54) is 0 Å². The third kappa shape index (κ3) is 4.63. The number of thiocarbonyl (C=S) groups is 1. The van der Waals surface area contributed by atoms with E-state index in [2.05, 4.69) is 25.5 Å². The standard InChI is InChI=1S/C22H20N6OS2/c30-22(26-17-4-5-20(24-13-17)28-8-10-29-11-9-28)25-16-3-1-2-15(12-16)21-27-18-6-7-23-14-19(18)31-21/h1-7,12-14H,8-11H2,(H2,25,26,30). The quantitative estimate of drug-likeness (QED) is 0.445.